The fourth-order valence-electron chi connectivity index (χ4n) is 2.48. The quantitative estimate of drug-likeness (QED) is 0.675. The van der Waals surface area contributed by atoms with E-state index in [0.29, 0.717) is 5.75 Å². The molecule has 0 unspecified atom stereocenters. The standard InChI is InChI=1S/C19H14F2N2O2S/c1-25-17-9-12-5-3-2-4-11(12)8-14(17)18(24)23-19(26)22-16-7-6-13(20)10-15(16)21/h2-10H,1H3,(H2,22,23,24,26). The van der Waals surface area contributed by atoms with E-state index in [-0.39, 0.29) is 16.4 Å². The molecule has 3 aromatic rings. The maximum atomic E-state index is 13.7. The van der Waals surface area contributed by atoms with Crippen LogP contribution in [0.1, 0.15) is 10.4 Å². The Morgan fingerprint density at radius 2 is 1.73 bits per heavy atom. The molecule has 0 aliphatic carbocycles. The van der Waals surface area contributed by atoms with E-state index in [0.717, 1.165) is 22.9 Å². The molecule has 0 aliphatic rings. The molecule has 0 saturated carbocycles. The fraction of sp³-hybridized carbons (Fsp3) is 0.0526. The van der Waals surface area contributed by atoms with Gasteiger partial charge in [0.25, 0.3) is 5.91 Å². The van der Waals surface area contributed by atoms with Gasteiger partial charge in [0, 0.05) is 6.07 Å². The number of rotatable bonds is 3. The third kappa shape index (κ3) is 3.78. The zero-order valence-corrected chi connectivity index (χ0v) is 14.5. The molecule has 1 amide bonds. The van der Waals surface area contributed by atoms with Crippen molar-refractivity contribution in [1.29, 1.82) is 0 Å². The molecule has 0 spiro atoms. The summed E-state index contributed by atoms with van der Waals surface area (Å²) >= 11 is 5.04. The predicted octanol–water partition coefficient (Wildman–Crippen LogP) is 4.25. The van der Waals surface area contributed by atoms with Crippen molar-refractivity contribution in [2.24, 2.45) is 0 Å². The Morgan fingerprint density at radius 1 is 1.04 bits per heavy atom. The Bertz CT molecular complexity index is 1010. The lowest BCUT2D eigenvalue weighted by Crippen LogP contribution is -2.34. The van der Waals surface area contributed by atoms with E-state index in [9.17, 15) is 13.6 Å². The number of nitrogens with one attached hydrogen (secondary N) is 2. The second-order valence-electron chi connectivity index (χ2n) is 5.43. The molecular formula is C19H14F2N2O2S. The summed E-state index contributed by atoms with van der Waals surface area (Å²) < 4.78 is 31.9. The molecule has 0 saturated heterocycles. The molecular weight excluding hydrogens is 358 g/mol. The molecule has 0 atom stereocenters. The Labute approximate surface area is 153 Å². The third-order valence-corrected chi connectivity index (χ3v) is 3.92. The van der Waals surface area contributed by atoms with Crippen LogP contribution in [0, 0.1) is 11.6 Å². The summed E-state index contributed by atoms with van der Waals surface area (Å²) in [4.78, 5) is 12.5. The zero-order chi connectivity index (χ0) is 18.7. The lowest BCUT2D eigenvalue weighted by atomic mass is 10.1. The number of ether oxygens (including phenoxy) is 1. The minimum Gasteiger partial charge on any atom is -0.496 e. The number of anilines is 1. The van der Waals surface area contributed by atoms with E-state index in [1.165, 1.54) is 13.2 Å². The summed E-state index contributed by atoms with van der Waals surface area (Å²) in [6.45, 7) is 0. The van der Waals surface area contributed by atoms with Gasteiger partial charge >= 0.3 is 0 Å². The SMILES string of the molecule is COc1cc2ccccc2cc1C(=O)NC(=S)Nc1ccc(F)cc1F. The van der Waals surface area contributed by atoms with Crippen molar-refractivity contribution in [2.75, 3.05) is 12.4 Å². The van der Waals surface area contributed by atoms with E-state index >= 15 is 0 Å². The van der Waals surface area contributed by atoms with Gasteiger partial charge in [-0.15, -0.1) is 0 Å². The molecule has 3 aromatic carbocycles. The van der Waals surface area contributed by atoms with Crippen LogP contribution in [0.4, 0.5) is 14.5 Å². The first-order chi connectivity index (χ1) is 12.5. The second kappa shape index (κ2) is 7.45. The number of methoxy groups -OCH3 is 1. The maximum Gasteiger partial charge on any atom is 0.261 e. The first-order valence-corrected chi connectivity index (χ1v) is 8.03. The molecule has 0 aliphatic heterocycles. The van der Waals surface area contributed by atoms with Gasteiger partial charge in [0.15, 0.2) is 5.11 Å². The van der Waals surface area contributed by atoms with Crippen LogP contribution in [-0.4, -0.2) is 18.1 Å². The average molecular weight is 372 g/mol. The molecule has 26 heavy (non-hydrogen) atoms. The van der Waals surface area contributed by atoms with Gasteiger partial charge in [0.2, 0.25) is 0 Å². The van der Waals surface area contributed by atoms with Crippen LogP contribution < -0.4 is 15.4 Å². The normalized spacial score (nSPS) is 10.4. The Hall–Kier alpha value is -3.06. The number of fused-ring (bicyclic) bond motifs is 1. The highest BCUT2D eigenvalue weighted by Crippen LogP contribution is 2.26. The van der Waals surface area contributed by atoms with Crippen LogP contribution in [0.2, 0.25) is 0 Å². The van der Waals surface area contributed by atoms with Crippen LogP contribution >= 0.6 is 12.2 Å². The van der Waals surface area contributed by atoms with Crippen LogP contribution in [0.5, 0.6) is 5.75 Å². The summed E-state index contributed by atoms with van der Waals surface area (Å²) in [5.41, 5.74) is 0.247. The first-order valence-electron chi connectivity index (χ1n) is 7.62. The molecule has 0 fully saturated rings. The highest BCUT2D eigenvalue weighted by atomic mass is 32.1. The minimum absolute atomic E-state index is 0.0397. The molecule has 2 N–H and O–H groups in total. The Kier molecular flexibility index (Phi) is 5.09. The third-order valence-electron chi connectivity index (χ3n) is 3.72. The Morgan fingerprint density at radius 3 is 2.38 bits per heavy atom. The molecule has 0 radical (unpaired) electrons. The number of hydrogen-bond donors (Lipinski definition) is 2. The van der Waals surface area contributed by atoms with Crippen LogP contribution in [0.25, 0.3) is 10.8 Å². The van der Waals surface area contributed by atoms with Crippen molar-refractivity contribution >= 4 is 39.7 Å². The van der Waals surface area contributed by atoms with Gasteiger partial charge in [-0.25, -0.2) is 8.78 Å². The lowest BCUT2D eigenvalue weighted by molar-refractivity contribution is 0.0975. The van der Waals surface area contributed by atoms with Gasteiger partial charge < -0.3 is 10.1 Å². The van der Waals surface area contributed by atoms with Gasteiger partial charge in [-0.1, -0.05) is 24.3 Å². The number of benzene rings is 3. The first kappa shape index (κ1) is 17.8. The molecule has 3 rings (SSSR count). The zero-order valence-electron chi connectivity index (χ0n) is 13.7. The summed E-state index contributed by atoms with van der Waals surface area (Å²) in [5, 5.41) is 6.67. The van der Waals surface area contributed by atoms with E-state index in [1.54, 1.807) is 12.1 Å². The number of carbonyl (C=O) groups excluding carboxylic acids is 1. The van der Waals surface area contributed by atoms with Crippen LogP contribution in [0.15, 0.2) is 54.6 Å². The van der Waals surface area contributed by atoms with Crippen LogP contribution in [0.3, 0.4) is 0 Å². The van der Waals surface area contributed by atoms with Crippen molar-refractivity contribution < 1.29 is 18.3 Å². The van der Waals surface area contributed by atoms with Gasteiger partial charge in [-0.3, -0.25) is 10.1 Å². The van der Waals surface area contributed by atoms with Crippen molar-refractivity contribution in [1.82, 2.24) is 5.32 Å². The van der Waals surface area contributed by atoms with Crippen LogP contribution in [-0.2, 0) is 0 Å². The van der Waals surface area contributed by atoms with E-state index < -0.39 is 17.5 Å². The predicted molar refractivity (Wildman–Crippen MR) is 101 cm³/mol. The van der Waals surface area contributed by atoms with Crippen molar-refractivity contribution in [3.63, 3.8) is 0 Å². The average Bonchev–Trinajstić information content (AvgIpc) is 2.62. The second-order valence-corrected chi connectivity index (χ2v) is 5.84. The van der Waals surface area contributed by atoms with Crippen molar-refractivity contribution in [2.45, 2.75) is 0 Å². The highest BCUT2D eigenvalue weighted by Gasteiger charge is 2.15. The summed E-state index contributed by atoms with van der Waals surface area (Å²) in [6, 6.07) is 14.0. The molecule has 0 bridgehead atoms. The van der Waals surface area contributed by atoms with Gasteiger partial charge in [0.05, 0.1) is 18.4 Å². The molecule has 7 heteroatoms. The largest absolute Gasteiger partial charge is 0.496 e. The topological polar surface area (TPSA) is 50.4 Å². The van der Waals surface area contributed by atoms with Gasteiger partial charge in [0.1, 0.15) is 17.4 Å². The molecule has 4 nitrogen and oxygen atoms in total. The van der Waals surface area contributed by atoms with Gasteiger partial charge in [-0.2, -0.15) is 0 Å². The number of thiocarbonyl (C=S) groups is 1. The summed E-state index contributed by atoms with van der Waals surface area (Å²) in [7, 11) is 1.46. The minimum atomic E-state index is -0.815. The van der Waals surface area contributed by atoms with E-state index in [1.807, 2.05) is 24.3 Å². The molecule has 132 valence electrons. The summed E-state index contributed by atoms with van der Waals surface area (Å²) in [6.07, 6.45) is 0. The fourth-order valence-corrected chi connectivity index (χ4v) is 2.68. The summed E-state index contributed by atoms with van der Waals surface area (Å²) in [5.74, 6) is -1.64. The van der Waals surface area contributed by atoms with Crippen molar-refractivity contribution in [3.05, 3.63) is 71.8 Å². The number of halogens is 2. The molecule has 0 aromatic heterocycles. The smallest absolute Gasteiger partial charge is 0.261 e. The lowest BCUT2D eigenvalue weighted by Gasteiger charge is -2.13. The van der Waals surface area contributed by atoms with E-state index in [2.05, 4.69) is 10.6 Å². The molecule has 0 heterocycles. The number of amides is 1. The highest BCUT2D eigenvalue weighted by molar-refractivity contribution is 7.80. The van der Waals surface area contributed by atoms with Crippen molar-refractivity contribution in [3.8, 4) is 5.75 Å². The maximum absolute atomic E-state index is 13.7. The van der Waals surface area contributed by atoms with E-state index in [4.69, 9.17) is 17.0 Å². The Balaban J connectivity index is 1.80. The monoisotopic (exact) mass is 372 g/mol. The van der Waals surface area contributed by atoms with Gasteiger partial charge in [-0.05, 0) is 47.3 Å². The number of carbonyl (C=O) groups is 1. The number of hydrogen-bond acceptors (Lipinski definition) is 3.